The zero-order valence-electron chi connectivity index (χ0n) is 15.1. The number of hydrogen-bond acceptors (Lipinski definition) is 5. The number of carbonyl (C=O) groups excluding carboxylic acids is 1. The van der Waals surface area contributed by atoms with E-state index in [4.69, 9.17) is 0 Å². The summed E-state index contributed by atoms with van der Waals surface area (Å²) in [5, 5.41) is 13.1. The number of halogens is 2. The first-order valence-corrected chi connectivity index (χ1v) is 9.32. The van der Waals surface area contributed by atoms with E-state index in [1.165, 1.54) is 6.07 Å². The number of piperazine rings is 1. The Balaban J connectivity index is 1.31. The van der Waals surface area contributed by atoms with Crippen molar-refractivity contribution in [3.8, 4) is 0 Å². The third kappa shape index (κ3) is 2.96. The van der Waals surface area contributed by atoms with E-state index >= 15 is 0 Å². The van der Waals surface area contributed by atoms with Gasteiger partial charge >= 0.3 is 0 Å². The van der Waals surface area contributed by atoms with Crippen molar-refractivity contribution in [1.82, 2.24) is 24.7 Å². The molecule has 1 amide bonds. The maximum Gasteiger partial charge on any atom is 0.256 e. The minimum Gasteiger partial charge on any atom is -0.352 e. The van der Waals surface area contributed by atoms with Crippen molar-refractivity contribution in [2.75, 3.05) is 31.1 Å². The molecule has 9 heteroatoms. The molecular weight excluding hydrogens is 366 g/mol. The lowest BCUT2D eigenvalue weighted by molar-refractivity contribution is 0.0741. The van der Waals surface area contributed by atoms with Gasteiger partial charge in [-0.05, 0) is 37.1 Å². The molecule has 1 aromatic carbocycles. The third-order valence-corrected chi connectivity index (χ3v) is 5.27. The van der Waals surface area contributed by atoms with Gasteiger partial charge in [0.25, 0.3) is 5.91 Å². The van der Waals surface area contributed by atoms with Gasteiger partial charge in [-0.25, -0.2) is 8.78 Å². The first-order valence-electron chi connectivity index (χ1n) is 9.32. The number of hydrogen-bond donors (Lipinski definition) is 0. The zero-order valence-corrected chi connectivity index (χ0v) is 15.1. The summed E-state index contributed by atoms with van der Waals surface area (Å²) in [5.74, 6) is 0.194. The molecule has 144 valence electrons. The number of fused-ring (bicyclic) bond motifs is 1. The predicted molar refractivity (Wildman–Crippen MR) is 97.2 cm³/mol. The van der Waals surface area contributed by atoms with Crippen LogP contribution < -0.4 is 4.90 Å². The monoisotopic (exact) mass is 384 g/mol. The second kappa shape index (κ2) is 6.50. The lowest BCUT2D eigenvalue weighted by atomic mass is 10.1. The molecule has 0 atom stereocenters. The van der Waals surface area contributed by atoms with Crippen LogP contribution in [-0.2, 0) is 0 Å². The van der Waals surface area contributed by atoms with Crippen molar-refractivity contribution in [3.63, 3.8) is 0 Å². The Morgan fingerprint density at radius 2 is 1.79 bits per heavy atom. The topological polar surface area (TPSA) is 66.6 Å². The van der Waals surface area contributed by atoms with Crippen molar-refractivity contribution in [2.45, 2.75) is 18.8 Å². The maximum atomic E-state index is 13.9. The maximum absolute atomic E-state index is 13.9. The SMILES string of the molecule is O=C(c1ccc(F)cc1F)N1CCN(c2ccc3nnc(C4CC4)n3n2)CC1. The summed E-state index contributed by atoms with van der Waals surface area (Å²) in [6.07, 6.45) is 2.24. The van der Waals surface area contributed by atoms with Crippen LogP contribution in [0.25, 0.3) is 5.65 Å². The molecule has 3 heterocycles. The molecule has 0 radical (unpaired) electrons. The molecule has 1 saturated heterocycles. The number of anilines is 1. The lowest BCUT2D eigenvalue weighted by Gasteiger charge is -2.35. The first-order chi connectivity index (χ1) is 13.6. The minimum atomic E-state index is -0.834. The Hall–Kier alpha value is -3.10. The smallest absolute Gasteiger partial charge is 0.256 e. The van der Waals surface area contributed by atoms with Crippen LogP contribution in [-0.4, -0.2) is 56.8 Å². The fraction of sp³-hybridized carbons (Fsp3) is 0.368. The number of amides is 1. The van der Waals surface area contributed by atoms with Crippen LogP contribution >= 0.6 is 0 Å². The Labute approximate surface area is 159 Å². The average molecular weight is 384 g/mol. The van der Waals surface area contributed by atoms with Crippen LogP contribution in [0.1, 0.15) is 34.9 Å². The highest BCUT2D eigenvalue weighted by Crippen LogP contribution is 2.38. The minimum absolute atomic E-state index is 0.104. The van der Waals surface area contributed by atoms with Crippen LogP contribution in [0.2, 0.25) is 0 Å². The second-order valence-electron chi connectivity index (χ2n) is 7.20. The van der Waals surface area contributed by atoms with E-state index in [-0.39, 0.29) is 5.56 Å². The van der Waals surface area contributed by atoms with Crippen LogP contribution in [0.15, 0.2) is 30.3 Å². The summed E-state index contributed by atoms with van der Waals surface area (Å²) >= 11 is 0. The third-order valence-electron chi connectivity index (χ3n) is 5.27. The van der Waals surface area contributed by atoms with E-state index in [1.807, 2.05) is 12.1 Å². The van der Waals surface area contributed by atoms with Gasteiger partial charge in [0, 0.05) is 38.2 Å². The first kappa shape index (κ1) is 17.0. The summed E-state index contributed by atoms with van der Waals surface area (Å²) in [7, 11) is 0. The van der Waals surface area contributed by atoms with Gasteiger partial charge in [0.2, 0.25) is 0 Å². The van der Waals surface area contributed by atoms with E-state index in [9.17, 15) is 13.6 Å². The number of nitrogens with zero attached hydrogens (tertiary/aromatic N) is 6. The van der Waals surface area contributed by atoms with Gasteiger partial charge in [-0.2, -0.15) is 4.52 Å². The van der Waals surface area contributed by atoms with Gasteiger partial charge in [0.05, 0.1) is 5.56 Å². The highest BCUT2D eigenvalue weighted by atomic mass is 19.1. The molecule has 2 aromatic heterocycles. The van der Waals surface area contributed by atoms with Crippen molar-refractivity contribution in [2.24, 2.45) is 0 Å². The van der Waals surface area contributed by atoms with Gasteiger partial charge in [0.15, 0.2) is 11.5 Å². The van der Waals surface area contributed by atoms with Crippen molar-refractivity contribution < 1.29 is 13.6 Å². The molecule has 0 spiro atoms. The molecule has 0 unspecified atom stereocenters. The quantitative estimate of drug-likeness (QED) is 0.693. The van der Waals surface area contributed by atoms with Gasteiger partial charge in [-0.3, -0.25) is 4.79 Å². The summed E-state index contributed by atoms with van der Waals surface area (Å²) in [5.41, 5.74) is 0.624. The summed E-state index contributed by atoms with van der Waals surface area (Å²) in [4.78, 5) is 16.2. The zero-order chi connectivity index (χ0) is 19.3. The molecule has 2 aliphatic rings. The molecule has 28 heavy (non-hydrogen) atoms. The van der Waals surface area contributed by atoms with Crippen molar-refractivity contribution in [1.29, 1.82) is 0 Å². The summed E-state index contributed by atoms with van der Waals surface area (Å²) in [6, 6.07) is 6.83. The average Bonchev–Trinajstić information content (AvgIpc) is 3.46. The van der Waals surface area contributed by atoms with Crippen LogP contribution in [0.5, 0.6) is 0 Å². The number of rotatable bonds is 3. The molecule has 1 saturated carbocycles. The molecule has 5 rings (SSSR count). The molecule has 0 bridgehead atoms. The Bertz CT molecular complexity index is 1060. The normalized spacial score (nSPS) is 17.4. The molecular formula is C19H18F2N6O. The Morgan fingerprint density at radius 1 is 1.00 bits per heavy atom. The van der Waals surface area contributed by atoms with E-state index in [1.54, 1.807) is 9.42 Å². The second-order valence-corrected chi connectivity index (χ2v) is 7.20. The van der Waals surface area contributed by atoms with Crippen LogP contribution in [0.4, 0.5) is 14.6 Å². The molecule has 3 aromatic rings. The predicted octanol–water partition coefficient (Wildman–Crippen LogP) is 2.24. The standard InChI is InChI=1S/C19H18F2N6O/c20-13-3-4-14(15(21)11-13)19(28)26-9-7-25(8-10-26)17-6-5-16-22-23-18(12-1-2-12)27(16)24-17/h3-6,11-12H,1-2,7-10H2. The molecule has 2 fully saturated rings. The van der Waals surface area contributed by atoms with E-state index in [2.05, 4.69) is 20.2 Å². The molecule has 1 aliphatic carbocycles. The van der Waals surface area contributed by atoms with E-state index < -0.39 is 17.5 Å². The van der Waals surface area contributed by atoms with Crippen molar-refractivity contribution in [3.05, 3.63) is 53.4 Å². The van der Waals surface area contributed by atoms with Gasteiger partial charge in [-0.15, -0.1) is 15.3 Å². The molecule has 7 nitrogen and oxygen atoms in total. The number of carbonyl (C=O) groups is 1. The van der Waals surface area contributed by atoms with Gasteiger partial charge < -0.3 is 9.80 Å². The Kier molecular flexibility index (Phi) is 3.96. The molecule has 1 aliphatic heterocycles. The lowest BCUT2D eigenvalue weighted by Crippen LogP contribution is -2.49. The van der Waals surface area contributed by atoms with Gasteiger partial charge in [0.1, 0.15) is 17.5 Å². The largest absolute Gasteiger partial charge is 0.352 e. The number of aromatic nitrogens is 4. The van der Waals surface area contributed by atoms with Gasteiger partial charge in [-0.1, -0.05) is 0 Å². The fourth-order valence-corrected chi connectivity index (χ4v) is 3.53. The van der Waals surface area contributed by atoms with Crippen molar-refractivity contribution >= 4 is 17.4 Å². The fourth-order valence-electron chi connectivity index (χ4n) is 3.53. The van der Waals surface area contributed by atoms with Crippen LogP contribution in [0.3, 0.4) is 0 Å². The summed E-state index contributed by atoms with van der Waals surface area (Å²) in [6.45, 7) is 2.03. The molecule has 0 N–H and O–H groups in total. The van der Waals surface area contributed by atoms with E-state index in [0.29, 0.717) is 32.1 Å². The summed E-state index contributed by atoms with van der Waals surface area (Å²) < 4.78 is 28.8. The van der Waals surface area contributed by atoms with E-state index in [0.717, 1.165) is 42.3 Å². The highest BCUT2D eigenvalue weighted by molar-refractivity contribution is 5.94. The van der Waals surface area contributed by atoms with Crippen LogP contribution in [0, 0.1) is 11.6 Å². The highest BCUT2D eigenvalue weighted by Gasteiger charge is 2.30. The Morgan fingerprint density at radius 3 is 2.50 bits per heavy atom. The number of benzene rings is 1.